The number of likely N-dealkylation sites (tertiary alicyclic amines) is 1. The van der Waals surface area contributed by atoms with Crippen molar-refractivity contribution in [2.45, 2.75) is 52.1 Å². The summed E-state index contributed by atoms with van der Waals surface area (Å²) in [6, 6.07) is 2.75. The average Bonchev–Trinajstić information content (AvgIpc) is 2.29. The maximum atomic E-state index is 11.3. The fourth-order valence-electron chi connectivity index (χ4n) is 2.85. The summed E-state index contributed by atoms with van der Waals surface area (Å²) in [6.45, 7) is 7.71. The molecule has 1 N–H and O–H groups in total. The molecular formula is C14H22N2O. The molecule has 0 amide bonds. The van der Waals surface area contributed by atoms with E-state index in [1.807, 2.05) is 13.1 Å². The number of rotatable bonds is 2. The van der Waals surface area contributed by atoms with Gasteiger partial charge in [-0.2, -0.15) is 0 Å². The van der Waals surface area contributed by atoms with E-state index in [9.17, 15) is 4.79 Å². The molecule has 17 heavy (non-hydrogen) atoms. The van der Waals surface area contributed by atoms with Crippen LogP contribution in [0.1, 0.15) is 50.3 Å². The van der Waals surface area contributed by atoms with Crippen LogP contribution in [0, 0.1) is 6.92 Å². The van der Waals surface area contributed by atoms with Crippen LogP contribution >= 0.6 is 0 Å². The zero-order chi connectivity index (χ0) is 12.4. The first kappa shape index (κ1) is 12.4. The number of aryl methyl sites for hydroxylation is 1. The van der Waals surface area contributed by atoms with E-state index in [0.717, 1.165) is 5.56 Å². The highest BCUT2D eigenvalue weighted by Crippen LogP contribution is 2.33. The first-order valence-corrected chi connectivity index (χ1v) is 6.54. The van der Waals surface area contributed by atoms with Crippen molar-refractivity contribution in [1.82, 2.24) is 9.88 Å². The van der Waals surface area contributed by atoms with Crippen LogP contribution < -0.4 is 5.56 Å². The maximum Gasteiger partial charge on any atom is 0.248 e. The van der Waals surface area contributed by atoms with E-state index in [1.54, 1.807) is 6.07 Å². The lowest BCUT2D eigenvalue weighted by atomic mass is 9.92. The van der Waals surface area contributed by atoms with Gasteiger partial charge in [0.2, 0.25) is 5.56 Å². The van der Waals surface area contributed by atoms with Crippen LogP contribution in [0.15, 0.2) is 17.1 Å². The second-order valence-electron chi connectivity index (χ2n) is 5.28. The van der Waals surface area contributed by atoms with E-state index in [-0.39, 0.29) is 5.56 Å². The van der Waals surface area contributed by atoms with Crippen LogP contribution in [0.25, 0.3) is 0 Å². The maximum absolute atomic E-state index is 11.3. The van der Waals surface area contributed by atoms with Gasteiger partial charge in [0.05, 0.1) is 0 Å². The molecule has 0 radical (unpaired) electrons. The van der Waals surface area contributed by atoms with Gasteiger partial charge < -0.3 is 4.98 Å². The minimum Gasteiger partial charge on any atom is -0.329 e. The van der Waals surface area contributed by atoms with E-state index in [2.05, 4.69) is 23.7 Å². The summed E-state index contributed by atoms with van der Waals surface area (Å²) >= 11 is 0. The van der Waals surface area contributed by atoms with Crippen molar-refractivity contribution >= 4 is 0 Å². The largest absolute Gasteiger partial charge is 0.329 e. The Morgan fingerprint density at radius 2 is 2.18 bits per heavy atom. The van der Waals surface area contributed by atoms with Gasteiger partial charge in [-0.05, 0) is 51.3 Å². The molecule has 0 bridgehead atoms. The number of nitrogens with zero attached hydrogens (tertiary/aromatic N) is 1. The molecule has 3 heteroatoms. The lowest BCUT2D eigenvalue weighted by Gasteiger charge is -2.39. The Hall–Kier alpha value is -1.09. The van der Waals surface area contributed by atoms with Crippen LogP contribution in [0.2, 0.25) is 0 Å². The topological polar surface area (TPSA) is 36.1 Å². The number of aromatic amines is 1. The van der Waals surface area contributed by atoms with Crippen LogP contribution in [0.5, 0.6) is 0 Å². The monoisotopic (exact) mass is 234 g/mol. The third-order valence-corrected chi connectivity index (χ3v) is 3.74. The molecule has 1 atom stereocenters. The summed E-state index contributed by atoms with van der Waals surface area (Å²) in [4.78, 5) is 16.6. The van der Waals surface area contributed by atoms with Gasteiger partial charge in [-0.15, -0.1) is 0 Å². The molecule has 1 aliphatic rings. The molecule has 2 rings (SSSR count). The van der Waals surface area contributed by atoms with Gasteiger partial charge in [0.1, 0.15) is 0 Å². The Morgan fingerprint density at radius 1 is 1.41 bits per heavy atom. The molecular weight excluding hydrogens is 212 g/mol. The first-order chi connectivity index (χ1) is 8.09. The smallest absolute Gasteiger partial charge is 0.248 e. The van der Waals surface area contributed by atoms with Gasteiger partial charge in [-0.25, -0.2) is 0 Å². The molecule has 1 saturated heterocycles. The predicted octanol–water partition coefficient (Wildman–Crippen LogP) is 2.62. The Kier molecular flexibility index (Phi) is 3.67. The van der Waals surface area contributed by atoms with Gasteiger partial charge >= 0.3 is 0 Å². The average molecular weight is 234 g/mol. The number of H-pyrrole nitrogens is 1. The predicted molar refractivity (Wildman–Crippen MR) is 70.2 cm³/mol. The van der Waals surface area contributed by atoms with Crippen molar-refractivity contribution in [3.05, 3.63) is 33.7 Å². The standard InChI is InChI=1S/C14H22N2O/c1-10(2)16-7-5-4-6-13(16)12-9-15-14(17)8-11(12)3/h8-10,13H,4-7H2,1-3H3,(H,15,17)/t13-/m1/s1. The fraction of sp³-hybridized carbons (Fsp3) is 0.643. The van der Waals surface area contributed by atoms with Crippen LogP contribution in [0.4, 0.5) is 0 Å². The number of hydrogen-bond acceptors (Lipinski definition) is 2. The van der Waals surface area contributed by atoms with Crippen molar-refractivity contribution in [2.24, 2.45) is 0 Å². The lowest BCUT2D eigenvalue weighted by Crippen LogP contribution is -2.39. The SMILES string of the molecule is Cc1cc(=O)[nH]cc1[C@H]1CCCCN1C(C)C. The van der Waals surface area contributed by atoms with Crippen LogP contribution in [-0.4, -0.2) is 22.5 Å². The summed E-state index contributed by atoms with van der Waals surface area (Å²) in [6.07, 6.45) is 5.68. The molecule has 1 aliphatic heterocycles. The van der Waals surface area contributed by atoms with Crippen molar-refractivity contribution in [2.75, 3.05) is 6.54 Å². The number of nitrogens with one attached hydrogen (secondary N) is 1. The van der Waals surface area contributed by atoms with Gasteiger partial charge in [0.25, 0.3) is 0 Å². The highest BCUT2D eigenvalue weighted by Gasteiger charge is 2.26. The third-order valence-electron chi connectivity index (χ3n) is 3.74. The lowest BCUT2D eigenvalue weighted by molar-refractivity contribution is 0.111. The van der Waals surface area contributed by atoms with Gasteiger partial charge in [-0.1, -0.05) is 6.42 Å². The van der Waals surface area contributed by atoms with Crippen LogP contribution in [-0.2, 0) is 0 Å². The molecule has 1 fully saturated rings. The second-order valence-corrected chi connectivity index (χ2v) is 5.28. The summed E-state index contributed by atoms with van der Waals surface area (Å²) in [5.41, 5.74) is 2.41. The number of aromatic nitrogens is 1. The van der Waals surface area contributed by atoms with Gasteiger partial charge in [0, 0.05) is 24.3 Å². The molecule has 94 valence electrons. The third kappa shape index (κ3) is 2.60. The first-order valence-electron chi connectivity index (χ1n) is 6.54. The Bertz CT molecular complexity index is 436. The van der Waals surface area contributed by atoms with E-state index >= 15 is 0 Å². The summed E-state index contributed by atoms with van der Waals surface area (Å²) in [5, 5.41) is 0. The minimum absolute atomic E-state index is 0.00171. The normalized spacial score (nSPS) is 22.0. The Labute approximate surface area is 103 Å². The fourth-order valence-corrected chi connectivity index (χ4v) is 2.85. The molecule has 3 nitrogen and oxygen atoms in total. The molecule has 0 aromatic carbocycles. The molecule has 0 unspecified atom stereocenters. The van der Waals surface area contributed by atoms with E-state index in [1.165, 1.54) is 31.4 Å². The minimum atomic E-state index is -0.00171. The Morgan fingerprint density at radius 3 is 2.82 bits per heavy atom. The summed E-state index contributed by atoms with van der Waals surface area (Å²) in [5.74, 6) is 0. The molecule has 0 spiro atoms. The van der Waals surface area contributed by atoms with E-state index in [4.69, 9.17) is 0 Å². The zero-order valence-corrected chi connectivity index (χ0v) is 11.0. The molecule has 1 aromatic rings. The van der Waals surface area contributed by atoms with Gasteiger partial charge in [0.15, 0.2) is 0 Å². The Balaban J connectivity index is 2.32. The van der Waals surface area contributed by atoms with Crippen molar-refractivity contribution in [3.63, 3.8) is 0 Å². The molecule has 0 aliphatic carbocycles. The van der Waals surface area contributed by atoms with Gasteiger partial charge in [-0.3, -0.25) is 9.69 Å². The second kappa shape index (κ2) is 5.05. The summed E-state index contributed by atoms with van der Waals surface area (Å²) < 4.78 is 0. The zero-order valence-electron chi connectivity index (χ0n) is 11.0. The summed E-state index contributed by atoms with van der Waals surface area (Å²) in [7, 11) is 0. The van der Waals surface area contributed by atoms with Crippen molar-refractivity contribution in [1.29, 1.82) is 0 Å². The molecule has 1 aromatic heterocycles. The molecule has 2 heterocycles. The highest BCUT2D eigenvalue weighted by atomic mass is 16.1. The highest BCUT2D eigenvalue weighted by molar-refractivity contribution is 5.25. The van der Waals surface area contributed by atoms with E-state index < -0.39 is 0 Å². The quantitative estimate of drug-likeness (QED) is 0.854. The van der Waals surface area contributed by atoms with Crippen LogP contribution in [0.3, 0.4) is 0 Å². The molecule has 0 saturated carbocycles. The number of hydrogen-bond donors (Lipinski definition) is 1. The number of pyridine rings is 1. The number of piperidine rings is 1. The van der Waals surface area contributed by atoms with Crippen molar-refractivity contribution < 1.29 is 0 Å². The van der Waals surface area contributed by atoms with Crippen molar-refractivity contribution in [3.8, 4) is 0 Å². The van der Waals surface area contributed by atoms with E-state index in [0.29, 0.717) is 12.1 Å².